The maximum Gasteiger partial charge on any atom is 0.236 e. The minimum atomic E-state index is 0.0789. The van der Waals surface area contributed by atoms with Crippen LogP contribution in [0.15, 0.2) is 24.5 Å². The standard InChI is InChI=1S/C12H16N2OS/c1-8(2)10-11(15)14(3)12(16-10)9-5-4-6-13-7-9/h4-8,10,12H,1-3H3/t10-,12+/m1/s1. The molecule has 4 heteroatoms. The molecule has 0 spiro atoms. The van der Waals surface area contributed by atoms with Gasteiger partial charge in [0.15, 0.2) is 0 Å². The number of hydrogen-bond donors (Lipinski definition) is 0. The minimum absolute atomic E-state index is 0.0789. The fraction of sp³-hybridized carbons (Fsp3) is 0.500. The van der Waals surface area contributed by atoms with Gasteiger partial charge >= 0.3 is 0 Å². The zero-order chi connectivity index (χ0) is 11.7. The molecule has 1 aromatic rings. The molecule has 2 heterocycles. The van der Waals surface area contributed by atoms with Gasteiger partial charge in [-0.05, 0) is 12.0 Å². The first-order chi connectivity index (χ1) is 7.61. The molecular weight excluding hydrogens is 220 g/mol. The third-order valence-corrected chi connectivity index (χ3v) is 4.68. The Bertz CT molecular complexity index is 380. The fourth-order valence-corrected chi connectivity index (χ4v) is 3.33. The Morgan fingerprint density at radius 2 is 2.25 bits per heavy atom. The highest BCUT2D eigenvalue weighted by Gasteiger charge is 2.40. The van der Waals surface area contributed by atoms with E-state index in [0.717, 1.165) is 5.56 Å². The van der Waals surface area contributed by atoms with E-state index in [9.17, 15) is 4.79 Å². The van der Waals surface area contributed by atoms with Gasteiger partial charge in [0.1, 0.15) is 5.37 Å². The van der Waals surface area contributed by atoms with Crippen molar-refractivity contribution in [3.05, 3.63) is 30.1 Å². The third-order valence-electron chi connectivity index (χ3n) is 2.79. The van der Waals surface area contributed by atoms with E-state index in [-0.39, 0.29) is 16.5 Å². The summed E-state index contributed by atoms with van der Waals surface area (Å²) in [7, 11) is 1.87. The molecule has 3 nitrogen and oxygen atoms in total. The Balaban J connectivity index is 2.23. The lowest BCUT2D eigenvalue weighted by Crippen LogP contribution is -2.29. The van der Waals surface area contributed by atoms with Gasteiger partial charge in [-0.1, -0.05) is 19.9 Å². The normalized spacial score (nSPS) is 25.5. The smallest absolute Gasteiger partial charge is 0.236 e. The Hall–Kier alpha value is -1.03. The molecule has 2 rings (SSSR count). The van der Waals surface area contributed by atoms with E-state index in [1.807, 2.05) is 30.3 Å². The van der Waals surface area contributed by atoms with E-state index in [1.165, 1.54) is 0 Å². The van der Waals surface area contributed by atoms with Gasteiger partial charge in [-0.25, -0.2) is 0 Å². The minimum Gasteiger partial charge on any atom is -0.329 e. The molecular formula is C12H16N2OS. The SMILES string of the molecule is CC(C)[C@H]1S[C@@H](c2cccnc2)N(C)C1=O. The van der Waals surface area contributed by atoms with Crippen LogP contribution in [0, 0.1) is 5.92 Å². The van der Waals surface area contributed by atoms with Crippen LogP contribution in [0.4, 0.5) is 0 Å². The van der Waals surface area contributed by atoms with Gasteiger partial charge < -0.3 is 4.90 Å². The lowest BCUT2D eigenvalue weighted by atomic mass is 10.1. The molecule has 0 aromatic carbocycles. The number of amides is 1. The third kappa shape index (κ3) is 1.94. The van der Waals surface area contributed by atoms with Gasteiger partial charge in [0, 0.05) is 25.0 Å². The number of pyridine rings is 1. The highest BCUT2D eigenvalue weighted by Crippen LogP contribution is 2.44. The van der Waals surface area contributed by atoms with Crippen LogP contribution in [0.1, 0.15) is 24.8 Å². The molecule has 1 fully saturated rings. The summed E-state index contributed by atoms with van der Waals surface area (Å²) in [5.41, 5.74) is 1.10. The Morgan fingerprint density at radius 3 is 2.75 bits per heavy atom. The number of thioether (sulfide) groups is 1. The lowest BCUT2D eigenvalue weighted by molar-refractivity contribution is -0.129. The van der Waals surface area contributed by atoms with Crippen molar-refractivity contribution in [2.75, 3.05) is 7.05 Å². The van der Waals surface area contributed by atoms with Crippen LogP contribution in [0.25, 0.3) is 0 Å². The van der Waals surface area contributed by atoms with Crippen LogP contribution in [-0.4, -0.2) is 28.1 Å². The maximum atomic E-state index is 12.0. The van der Waals surface area contributed by atoms with Crippen molar-refractivity contribution in [1.82, 2.24) is 9.88 Å². The monoisotopic (exact) mass is 236 g/mol. The molecule has 0 unspecified atom stereocenters. The van der Waals surface area contributed by atoms with Gasteiger partial charge in [0.25, 0.3) is 0 Å². The second-order valence-electron chi connectivity index (χ2n) is 4.39. The molecule has 1 aliphatic rings. The number of carbonyl (C=O) groups is 1. The number of hydrogen-bond acceptors (Lipinski definition) is 3. The number of rotatable bonds is 2. The van der Waals surface area contributed by atoms with Crippen LogP contribution >= 0.6 is 11.8 Å². The Kier molecular flexibility index (Phi) is 3.19. The van der Waals surface area contributed by atoms with E-state index in [1.54, 1.807) is 18.0 Å². The maximum absolute atomic E-state index is 12.0. The molecule has 0 N–H and O–H groups in total. The van der Waals surface area contributed by atoms with Crippen molar-refractivity contribution in [1.29, 1.82) is 0 Å². The predicted octanol–water partition coefficient (Wildman–Crippen LogP) is 2.31. The molecule has 0 saturated carbocycles. The highest BCUT2D eigenvalue weighted by molar-refractivity contribution is 8.01. The van der Waals surface area contributed by atoms with Crippen LogP contribution in [0.5, 0.6) is 0 Å². The molecule has 1 amide bonds. The largest absolute Gasteiger partial charge is 0.329 e. The molecule has 16 heavy (non-hydrogen) atoms. The Labute approximate surface area is 100 Å². The van der Waals surface area contributed by atoms with Gasteiger partial charge in [-0.15, -0.1) is 11.8 Å². The summed E-state index contributed by atoms with van der Waals surface area (Å²) in [4.78, 5) is 17.9. The summed E-state index contributed by atoms with van der Waals surface area (Å²) in [6.45, 7) is 4.18. The summed E-state index contributed by atoms with van der Waals surface area (Å²) in [6, 6.07) is 3.94. The first-order valence-corrected chi connectivity index (χ1v) is 6.37. The van der Waals surface area contributed by atoms with Crippen molar-refractivity contribution in [2.45, 2.75) is 24.5 Å². The molecule has 1 aromatic heterocycles. The van der Waals surface area contributed by atoms with Crippen LogP contribution in [0.3, 0.4) is 0 Å². The van der Waals surface area contributed by atoms with E-state index in [2.05, 4.69) is 18.8 Å². The lowest BCUT2D eigenvalue weighted by Gasteiger charge is -2.18. The topological polar surface area (TPSA) is 33.2 Å². The number of carbonyl (C=O) groups excluding carboxylic acids is 1. The van der Waals surface area contributed by atoms with Crippen LogP contribution in [-0.2, 0) is 4.79 Å². The summed E-state index contributed by atoms with van der Waals surface area (Å²) in [5.74, 6) is 0.607. The molecule has 0 aliphatic carbocycles. The van der Waals surface area contributed by atoms with Crippen molar-refractivity contribution in [3.63, 3.8) is 0 Å². The summed E-state index contributed by atoms with van der Waals surface area (Å²) in [6.07, 6.45) is 3.59. The average Bonchev–Trinajstić information content (AvgIpc) is 2.58. The van der Waals surface area contributed by atoms with Crippen LogP contribution in [0.2, 0.25) is 0 Å². The summed E-state index contributed by atoms with van der Waals surface area (Å²) in [5, 5.41) is 0.198. The van der Waals surface area contributed by atoms with Crippen LogP contribution < -0.4 is 0 Å². The average molecular weight is 236 g/mol. The van der Waals surface area contributed by atoms with E-state index >= 15 is 0 Å². The molecule has 0 bridgehead atoms. The number of nitrogens with zero attached hydrogens (tertiary/aromatic N) is 2. The zero-order valence-electron chi connectivity index (χ0n) is 9.75. The second kappa shape index (κ2) is 4.45. The Morgan fingerprint density at radius 1 is 1.50 bits per heavy atom. The number of aromatic nitrogens is 1. The first-order valence-electron chi connectivity index (χ1n) is 5.43. The molecule has 86 valence electrons. The van der Waals surface area contributed by atoms with Crippen molar-refractivity contribution in [2.24, 2.45) is 5.92 Å². The van der Waals surface area contributed by atoms with Gasteiger partial charge in [0.2, 0.25) is 5.91 Å². The quantitative estimate of drug-likeness (QED) is 0.790. The van der Waals surface area contributed by atoms with Crippen molar-refractivity contribution >= 4 is 17.7 Å². The predicted molar refractivity (Wildman–Crippen MR) is 66.0 cm³/mol. The van der Waals surface area contributed by atoms with E-state index in [4.69, 9.17) is 0 Å². The first kappa shape index (κ1) is 11.5. The highest BCUT2D eigenvalue weighted by atomic mass is 32.2. The summed E-state index contributed by atoms with van der Waals surface area (Å²) >= 11 is 1.72. The molecule has 2 atom stereocenters. The van der Waals surface area contributed by atoms with E-state index in [0.29, 0.717) is 5.92 Å². The molecule has 1 aliphatic heterocycles. The van der Waals surface area contributed by atoms with Gasteiger partial charge in [-0.2, -0.15) is 0 Å². The fourth-order valence-electron chi connectivity index (χ4n) is 1.87. The van der Waals surface area contributed by atoms with Gasteiger partial charge in [-0.3, -0.25) is 9.78 Å². The van der Waals surface area contributed by atoms with Gasteiger partial charge in [0.05, 0.1) is 5.25 Å². The molecule has 0 radical (unpaired) electrons. The zero-order valence-corrected chi connectivity index (χ0v) is 10.6. The molecule has 1 saturated heterocycles. The van der Waals surface area contributed by atoms with E-state index < -0.39 is 0 Å². The second-order valence-corrected chi connectivity index (χ2v) is 5.62. The van der Waals surface area contributed by atoms with Crippen molar-refractivity contribution in [3.8, 4) is 0 Å². The summed E-state index contributed by atoms with van der Waals surface area (Å²) < 4.78 is 0. The van der Waals surface area contributed by atoms with Crippen molar-refractivity contribution < 1.29 is 4.79 Å².